The first-order chi connectivity index (χ1) is 25.1. The van der Waals surface area contributed by atoms with Crippen molar-refractivity contribution < 1.29 is 33.6 Å². The molecule has 0 radical (unpaired) electrons. The lowest BCUT2D eigenvalue weighted by atomic mass is 9.85. The van der Waals surface area contributed by atoms with Crippen molar-refractivity contribution in [2.45, 2.75) is 50.6 Å². The van der Waals surface area contributed by atoms with Crippen LogP contribution in [0.2, 0.25) is 10.0 Å². The second-order valence-corrected chi connectivity index (χ2v) is 15.6. The van der Waals surface area contributed by atoms with Crippen molar-refractivity contribution in [3.63, 3.8) is 0 Å². The van der Waals surface area contributed by atoms with E-state index in [9.17, 15) is 19.9 Å². The fourth-order valence-electron chi connectivity index (χ4n) is 6.52. The quantitative estimate of drug-likeness (QED) is 0.0688. The second-order valence-electron chi connectivity index (χ2n) is 13.6. The molecule has 3 heterocycles. The Morgan fingerprint density at radius 3 is 2.33 bits per heavy atom. The van der Waals surface area contributed by atoms with Gasteiger partial charge in [0.2, 0.25) is 0 Å². The minimum Gasteiger partial charge on any atom is -0.619 e. The first kappa shape index (κ1) is 37.9. The van der Waals surface area contributed by atoms with Crippen molar-refractivity contribution in [1.82, 2.24) is 10.2 Å². The average Bonchev–Trinajstić information content (AvgIpc) is 3.87. The molecule has 6 rings (SSSR count). The number of halogens is 2. The third-order valence-corrected chi connectivity index (χ3v) is 11.5. The molecule has 0 bridgehead atoms. The molecule has 2 aliphatic rings. The van der Waals surface area contributed by atoms with Crippen molar-refractivity contribution in [3.8, 4) is 11.5 Å². The predicted octanol–water partition coefficient (Wildman–Crippen LogP) is 7.27. The van der Waals surface area contributed by atoms with Crippen LogP contribution in [0.5, 0.6) is 11.5 Å². The summed E-state index contributed by atoms with van der Waals surface area (Å²) in [6.07, 6.45) is 6.84. The second kappa shape index (κ2) is 17.3. The van der Waals surface area contributed by atoms with Gasteiger partial charge in [0.1, 0.15) is 21.0 Å². The van der Waals surface area contributed by atoms with Gasteiger partial charge in [0, 0.05) is 22.9 Å². The highest BCUT2D eigenvalue weighted by Crippen LogP contribution is 2.42. The average molecular weight is 769 g/mol. The molecule has 2 fully saturated rings. The molecule has 1 aliphatic carbocycles. The van der Waals surface area contributed by atoms with Crippen LogP contribution >= 0.6 is 34.5 Å². The number of benzene rings is 2. The van der Waals surface area contributed by atoms with Crippen LogP contribution in [0.15, 0.2) is 67.0 Å². The maximum atomic E-state index is 13.6. The molecular weight excluding hydrogens is 725 g/mol. The van der Waals surface area contributed by atoms with Gasteiger partial charge in [-0.1, -0.05) is 59.6 Å². The Morgan fingerprint density at radius 1 is 0.981 bits per heavy atom. The zero-order chi connectivity index (χ0) is 36.8. The van der Waals surface area contributed by atoms with E-state index in [0.29, 0.717) is 57.3 Å². The van der Waals surface area contributed by atoms with Crippen molar-refractivity contribution >= 4 is 46.5 Å². The summed E-state index contributed by atoms with van der Waals surface area (Å²) in [7, 11) is 3.67. The zero-order valence-corrected chi connectivity index (χ0v) is 31.5. The number of aromatic carboxylic acids is 1. The molecule has 2 aromatic carbocycles. The van der Waals surface area contributed by atoms with Crippen LogP contribution in [0, 0.1) is 17.0 Å². The molecule has 276 valence electrons. The Bertz CT molecular complexity index is 1840. The monoisotopic (exact) mass is 767 g/mol. The van der Waals surface area contributed by atoms with E-state index in [-0.39, 0.29) is 33.9 Å². The zero-order valence-electron chi connectivity index (χ0n) is 29.2. The number of piperidine rings is 1. The van der Waals surface area contributed by atoms with Crippen molar-refractivity contribution in [2.24, 2.45) is 11.8 Å². The first-order valence-corrected chi connectivity index (χ1v) is 19.0. The Labute approximate surface area is 317 Å². The Hall–Kier alpha value is -3.87. The van der Waals surface area contributed by atoms with Crippen LogP contribution in [0.3, 0.4) is 0 Å². The Morgan fingerprint density at radius 2 is 1.67 bits per heavy atom. The lowest BCUT2D eigenvalue weighted by Crippen LogP contribution is -2.34. The number of carboxylic acid groups (broad SMARTS) is 1. The molecule has 2 aromatic heterocycles. The van der Waals surface area contributed by atoms with Crippen molar-refractivity contribution in [3.05, 3.63) is 114 Å². The van der Waals surface area contributed by atoms with E-state index in [1.54, 1.807) is 13.2 Å². The molecule has 13 heteroatoms. The van der Waals surface area contributed by atoms with E-state index in [0.717, 1.165) is 61.2 Å². The summed E-state index contributed by atoms with van der Waals surface area (Å²) >= 11 is 14.3. The summed E-state index contributed by atoms with van der Waals surface area (Å²) in [6.45, 7) is 3.08. The first-order valence-electron chi connectivity index (χ1n) is 17.5. The van der Waals surface area contributed by atoms with Gasteiger partial charge in [0.05, 0.1) is 20.3 Å². The van der Waals surface area contributed by atoms with E-state index in [4.69, 9.17) is 37.4 Å². The highest BCUT2D eigenvalue weighted by atomic mass is 35.5. The number of carbonyl (C=O) groups excluding carboxylic acids is 1. The van der Waals surface area contributed by atoms with Crippen molar-refractivity contribution in [1.29, 1.82) is 0 Å². The number of thiophene rings is 1. The van der Waals surface area contributed by atoms with Gasteiger partial charge in [-0.2, -0.15) is 4.73 Å². The Kier molecular flexibility index (Phi) is 12.6. The molecule has 2 N–H and O–H groups in total. The van der Waals surface area contributed by atoms with Gasteiger partial charge in [-0.25, -0.2) is 9.59 Å². The summed E-state index contributed by atoms with van der Waals surface area (Å²) in [6, 6.07) is 16.0. The van der Waals surface area contributed by atoms with Crippen LogP contribution in [0.1, 0.15) is 74.4 Å². The summed E-state index contributed by atoms with van der Waals surface area (Å²) in [5.41, 5.74) is 2.57. The number of methoxy groups -OCH3 is 1. The molecular formula is C39H43Cl2N3O7S. The van der Waals surface area contributed by atoms with Gasteiger partial charge < -0.3 is 29.4 Å². The van der Waals surface area contributed by atoms with Crippen LogP contribution < -0.4 is 19.5 Å². The predicted molar refractivity (Wildman–Crippen MR) is 201 cm³/mol. The number of aromatic nitrogens is 1. The molecule has 1 saturated heterocycles. The van der Waals surface area contributed by atoms with E-state index in [1.165, 1.54) is 12.4 Å². The number of nitrogens with zero attached hydrogens (tertiary/aromatic N) is 2. The summed E-state index contributed by atoms with van der Waals surface area (Å²) in [5, 5.41) is 26.3. The molecule has 0 amide bonds. The summed E-state index contributed by atoms with van der Waals surface area (Å²) < 4.78 is 18.2. The number of hydrogen-bond acceptors (Lipinski definition) is 9. The molecule has 1 saturated carbocycles. The van der Waals surface area contributed by atoms with Gasteiger partial charge in [0.25, 0.3) is 0 Å². The molecule has 2 atom stereocenters. The highest BCUT2D eigenvalue weighted by molar-refractivity contribution is 7.14. The number of carbonyl (C=O) groups is 2. The van der Waals surface area contributed by atoms with E-state index in [1.807, 2.05) is 48.5 Å². The van der Waals surface area contributed by atoms with Gasteiger partial charge in [0.15, 0.2) is 23.9 Å². The molecule has 10 nitrogen and oxygen atoms in total. The fraction of sp³-hybridized carbons (Fsp3) is 0.410. The third-order valence-electron chi connectivity index (χ3n) is 9.76. The summed E-state index contributed by atoms with van der Waals surface area (Å²) in [5.74, 6) is -0.0787. The number of carboxylic acids is 1. The van der Waals surface area contributed by atoms with Crippen molar-refractivity contribution in [2.75, 3.05) is 40.5 Å². The van der Waals surface area contributed by atoms with Gasteiger partial charge in [-0.3, -0.25) is 5.32 Å². The number of hydrogen-bond donors (Lipinski definition) is 2. The van der Waals surface area contributed by atoms with Gasteiger partial charge in [-0.05, 0) is 99.0 Å². The summed E-state index contributed by atoms with van der Waals surface area (Å²) in [4.78, 5) is 29.5. The Balaban J connectivity index is 1.30. The number of nitrogens with one attached hydrogen (secondary N) is 1. The van der Waals surface area contributed by atoms with E-state index in [2.05, 4.69) is 17.3 Å². The topological polar surface area (TPSA) is 124 Å². The molecule has 0 spiro atoms. The fourth-order valence-corrected chi connectivity index (χ4v) is 8.13. The number of esters is 1. The van der Waals surface area contributed by atoms with Crippen LogP contribution in [-0.4, -0.2) is 62.4 Å². The van der Waals surface area contributed by atoms with Crippen LogP contribution in [0.4, 0.5) is 0 Å². The number of ether oxygens (including phenoxy) is 3. The third kappa shape index (κ3) is 9.56. The largest absolute Gasteiger partial charge is 0.619 e. The maximum absolute atomic E-state index is 13.6. The van der Waals surface area contributed by atoms with E-state index < -0.39 is 17.9 Å². The smallest absolute Gasteiger partial charge is 0.346 e. The lowest BCUT2D eigenvalue weighted by molar-refractivity contribution is -0.605. The molecule has 1 aliphatic heterocycles. The van der Waals surface area contributed by atoms with Gasteiger partial charge in [-0.15, -0.1) is 11.3 Å². The molecule has 2 unspecified atom stereocenters. The van der Waals surface area contributed by atoms with Crippen LogP contribution in [0.25, 0.3) is 0 Å². The SMILES string of the molecule is COc1ccc(C(Cc2c(Cl)c[n+]([O-])cc2Cl)c2cc(CNC(C(=O)OCC3CCN(C)CC3)c3ccccc3)sc2C(=O)O)cc1OCC1CC1. The molecule has 4 aromatic rings. The number of likely N-dealkylation sites (tertiary alicyclic amines) is 1. The normalized spacial score (nSPS) is 16.3. The van der Waals surface area contributed by atoms with Gasteiger partial charge >= 0.3 is 11.9 Å². The van der Waals surface area contributed by atoms with Crippen LogP contribution in [-0.2, 0) is 22.5 Å². The minimum absolute atomic E-state index is 0.140. The number of rotatable bonds is 16. The standard InChI is InChI=1S/C39H43Cl2N3O7S/c1-43-14-12-25(13-15-43)23-51-39(47)36(26-6-4-3-5-7-26)42-19-28-17-30(37(52-28)38(45)46)29(18-31-32(40)20-44(48)21-33(31)41)27-10-11-34(49-2)35(16-27)50-22-24-8-9-24/h3-7,10-11,16-17,20-21,24-25,29,36,42H,8-9,12-15,18-19,22-23H2,1-2H3,(H,45,46). The lowest BCUT2D eigenvalue weighted by Gasteiger charge is -2.29. The highest BCUT2D eigenvalue weighted by Gasteiger charge is 2.30. The minimum atomic E-state index is -1.09. The maximum Gasteiger partial charge on any atom is 0.346 e. The molecule has 52 heavy (non-hydrogen) atoms. The van der Waals surface area contributed by atoms with E-state index >= 15 is 0 Å². The number of pyridine rings is 1.